The summed E-state index contributed by atoms with van der Waals surface area (Å²) in [6.45, 7) is 2.62. The smallest absolute Gasteiger partial charge is 0.254 e. The van der Waals surface area contributed by atoms with Crippen LogP contribution in [-0.4, -0.2) is 57.7 Å². The first-order valence-electron chi connectivity index (χ1n) is 12.3. The molecule has 1 amide bonds. The van der Waals surface area contributed by atoms with Crippen LogP contribution in [0, 0.1) is 17.7 Å². The van der Waals surface area contributed by atoms with Crippen LogP contribution in [0.5, 0.6) is 0 Å². The summed E-state index contributed by atoms with van der Waals surface area (Å²) in [5.74, 6) is 1.33. The third-order valence-corrected chi connectivity index (χ3v) is 8.49. The molecule has 0 bridgehead atoms. The highest BCUT2D eigenvalue weighted by Crippen LogP contribution is 2.63. The van der Waals surface area contributed by atoms with Gasteiger partial charge in [-0.3, -0.25) is 9.89 Å². The number of aromatic amines is 1. The number of rotatable bonds is 4. The van der Waals surface area contributed by atoms with E-state index in [9.17, 15) is 9.18 Å². The lowest BCUT2D eigenvalue weighted by atomic mass is 9.91. The van der Waals surface area contributed by atoms with Crippen molar-refractivity contribution in [1.82, 2.24) is 25.1 Å². The van der Waals surface area contributed by atoms with E-state index < -0.39 is 0 Å². The normalized spacial score (nSPS) is 24.8. The van der Waals surface area contributed by atoms with Gasteiger partial charge in [0.25, 0.3) is 5.91 Å². The highest BCUT2D eigenvalue weighted by molar-refractivity contribution is 5.99. The van der Waals surface area contributed by atoms with Crippen LogP contribution in [0.15, 0.2) is 48.7 Å². The summed E-state index contributed by atoms with van der Waals surface area (Å²) < 4.78 is 14.7. The van der Waals surface area contributed by atoms with E-state index in [1.54, 1.807) is 24.2 Å². The Morgan fingerprint density at radius 2 is 2.08 bits per heavy atom. The van der Waals surface area contributed by atoms with Gasteiger partial charge in [-0.1, -0.05) is 24.3 Å². The van der Waals surface area contributed by atoms with E-state index in [1.165, 1.54) is 6.07 Å². The van der Waals surface area contributed by atoms with Crippen LogP contribution >= 0.6 is 0 Å². The molecule has 182 valence electrons. The number of hydrogen-bond donors (Lipinski definition) is 2. The standard InChI is InChI=1S/C27H26FN7O/c1-34-12-16-10-15(6-7-17(16)26(34)36)23-24-25(33-32-23)31-22(11-30-24)35-9-8-18-20(13-35)27(18,14-29)19-4-2-3-5-21(19)28/h2-7,10-11,18,20H,8-9,12-14,29H2,1H3,(H,31,32,33)/t18-,20+,27-/m1/s1. The molecule has 3 aliphatic rings. The number of nitrogens with one attached hydrogen (secondary N) is 1. The number of nitrogens with zero attached hydrogens (tertiary/aromatic N) is 5. The van der Waals surface area contributed by atoms with Crippen LogP contribution in [0.4, 0.5) is 10.2 Å². The average Bonchev–Trinajstić information content (AvgIpc) is 3.18. The topological polar surface area (TPSA) is 104 Å². The summed E-state index contributed by atoms with van der Waals surface area (Å²) in [4.78, 5) is 25.7. The Morgan fingerprint density at radius 3 is 2.92 bits per heavy atom. The minimum atomic E-state index is -0.304. The number of piperidine rings is 1. The van der Waals surface area contributed by atoms with Crippen molar-refractivity contribution in [3.05, 3.63) is 71.2 Å². The second-order valence-corrected chi connectivity index (χ2v) is 10.2. The van der Waals surface area contributed by atoms with E-state index in [-0.39, 0.29) is 23.1 Å². The van der Waals surface area contributed by atoms with Crippen LogP contribution in [-0.2, 0) is 12.0 Å². The van der Waals surface area contributed by atoms with Crippen LogP contribution in [0.1, 0.15) is 27.9 Å². The zero-order valence-corrected chi connectivity index (χ0v) is 19.9. The number of amides is 1. The molecule has 2 aromatic heterocycles. The minimum Gasteiger partial charge on any atom is -0.355 e. The summed E-state index contributed by atoms with van der Waals surface area (Å²) in [6.07, 6.45) is 2.73. The molecule has 0 unspecified atom stereocenters. The van der Waals surface area contributed by atoms with Gasteiger partial charge in [0.05, 0.1) is 6.20 Å². The number of H-pyrrole nitrogens is 1. The van der Waals surface area contributed by atoms with E-state index in [0.717, 1.165) is 53.3 Å². The monoisotopic (exact) mass is 483 g/mol. The second-order valence-electron chi connectivity index (χ2n) is 10.2. The molecule has 1 saturated carbocycles. The van der Waals surface area contributed by atoms with Crippen molar-refractivity contribution >= 4 is 22.9 Å². The molecule has 3 N–H and O–H groups in total. The Balaban J connectivity index is 1.16. The quantitative estimate of drug-likeness (QED) is 0.462. The van der Waals surface area contributed by atoms with E-state index in [1.807, 2.05) is 30.3 Å². The van der Waals surface area contributed by atoms with Crippen molar-refractivity contribution < 1.29 is 9.18 Å². The number of fused-ring (bicyclic) bond motifs is 3. The summed E-state index contributed by atoms with van der Waals surface area (Å²) >= 11 is 0. The van der Waals surface area contributed by atoms with Gasteiger partial charge < -0.3 is 15.5 Å². The predicted molar refractivity (Wildman–Crippen MR) is 134 cm³/mol. The van der Waals surface area contributed by atoms with Gasteiger partial charge >= 0.3 is 0 Å². The fraction of sp³-hybridized carbons (Fsp3) is 0.333. The number of hydrogen-bond acceptors (Lipinski definition) is 6. The summed E-state index contributed by atoms with van der Waals surface area (Å²) in [7, 11) is 1.80. The molecule has 4 aromatic rings. The van der Waals surface area contributed by atoms with Crippen LogP contribution in [0.2, 0.25) is 0 Å². The Morgan fingerprint density at radius 1 is 1.22 bits per heavy atom. The Labute approximate surface area is 207 Å². The molecule has 4 heterocycles. The van der Waals surface area contributed by atoms with Crippen molar-refractivity contribution in [2.45, 2.75) is 18.4 Å². The molecule has 2 aliphatic heterocycles. The maximum atomic E-state index is 14.7. The first kappa shape index (κ1) is 21.4. The van der Waals surface area contributed by atoms with Crippen molar-refractivity contribution in [1.29, 1.82) is 0 Å². The highest BCUT2D eigenvalue weighted by atomic mass is 19.1. The summed E-state index contributed by atoms with van der Waals surface area (Å²) in [6, 6.07) is 12.8. The molecule has 0 spiro atoms. The molecule has 0 radical (unpaired) electrons. The van der Waals surface area contributed by atoms with Crippen molar-refractivity contribution in [3.63, 3.8) is 0 Å². The third kappa shape index (κ3) is 2.89. The summed E-state index contributed by atoms with van der Waals surface area (Å²) in [5, 5.41) is 7.54. The molecule has 9 heteroatoms. The van der Waals surface area contributed by atoms with Crippen molar-refractivity contribution in [2.24, 2.45) is 17.6 Å². The second kappa shape index (κ2) is 7.57. The average molecular weight is 484 g/mol. The fourth-order valence-corrected chi connectivity index (χ4v) is 6.60. The van der Waals surface area contributed by atoms with Gasteiger partial charge in [-0.25, -0.2) is 14.4 Å². The van der Waals surface area contributed by atoms with E-state index in [0.29, 0.717) is 30.2 Å². The number of aromatic nitrogens is 4. The molecule has 3 atom stereocenters. The van der Waals surface area contributed by atoms with Gasteiger partial charge in [-0.2, -0.15) is 5.10 Å². The Kier molecular flexibility index (Phi) is 4.51. The molecule has 36 heavy (non-hydrogen) atoms. The molecule has 2 fully saturated rings. The Hall–Kier alpha value is -3.85. The van der Waals surface area contributed by atoms with Crippen LogP contribution < -0.4 is 10.6 Å². The van der Waals surface area contributed by atoms with Gasteiger partial charge in [0.2, 0.25) is 0 Å². The lowest BCUT2D eigenvalue weighted by Crippen LogP contribution is -2.32. The maximum absolute atomic E-state index is 14.7. The van der Waals surface area contributed by atoms with Gasteiger partial charge in [0.15, 0.2) is 5.65 Å². The number of nitrogens with two attached hydrogens (primary N) is 1. The molecule has 8 nitrogen and oxygen atoms in total. The van der Waals surface area contributed by atoms with Gasteiger partial charge in [-0.05, 0) is 47.6 Å². The summed E-state index contributed by atoms with van der Waals surface area (Å²) in [5.41, 5.74) is 11.4. The highest BCUT2D eigenvalue weighted by Gasteiger charge is 2.66. The first-order valence-corrected chi connectivity index (χ1v) is 12.3. The largest absolute Gasteiger partial charge is 0.355 e. The van der Waals surface area contributed by atoms with Crippen molar-refractivity contribution in [2.75, 3.05) is 31.6 Å². The number of anilines is 1. The molecule has 1 aliphatic carbocycles. The zero-order chi connectivity index (χ0) is 24.6. The van der Waals surface area contributed by atoms with E-state index in [2.05, 4.69) is 15.1 Å². The molecule has 1 saturated heterocycles. The fourth-order valence-electron chi connectivity index (χ4n) is 6.60. The third-order valence-electron chi connectivity index (χ3n) is 8.49. The van der Waals surface area contributed by atoms with Crippen LogP contribution in [0.25, 0.3) is 22.4 Å². The van der Waals surface area contributed by atoms with Gasteiger partial charge in [0.1, 0.15) is 22.8 Å². The zero-order valence-electron chi connectivity index (χ0n) is 19.9. The van der Waals surface area contributed by atoms with E-state index >= 15 is 0 Å². The number of benzene rings is 2. The van der Waals surface area contributed by atoms with Crippen LogP contribution in [0.3, 0.4) is 0 Å². The molecule has 7 rings (SSSR count). The SMILES string of the molecule is CN1Cc2cc(-c3n[nH]c4nc(N5CC[C@@H]6[C@H](C5)[C@@]6(CN)c5ccccc5F)cnc34)ccc2C1=O. The van der Waals surface area contributed by atoms with Gasteiger partial charge in [0, 0.05) is 49.8 Å². The van der Waals surface area contributed by atoms with E-state index in [4.69, 9.17) is 15.7 Å². The molecular formula is C27H26FN7O. The lowest BCUT2D eigenvalue weighted by molar-refractivity contribution is 0.0816. The maximum Gasteiger partial charge on any atom is 0.254 e. The van der Waals surface area contributed by atoms with Crippen molar-refractivity contribution in [3.8, 4) is 11.3 Å². The number of carbonyl (C=O) groups is 1. The molecule has 2 aromatic carbocycles. The minimum absolute atomic E-state index is 0.0426. The predicted octanol–water partition coefficient (Wildman–Crippen LogP) is 3.10. The number of halogens is 1. The lowest BCUT2D eigenvalue weighted by Gasteiger charge is -2.26. The van der Waals surface area contributed by atoms with Gasteiger partial charge in [-0.15, -0.1) is 0 Å². The first-order chi connectivity index (χ1) is 17.5. The molecular weight excluding hydrogens is 457 g/mol. The number of carbonyl (C=O) groups excluding carboxylic acids is 1. The Bertz CT molecular complexity index is 1530.